The van der Waals surface area contributed by atoms with Crippen LogP contribution in [0.25, 0.3) is 27.8 Å². The molecule has 1 aliphatic heterocycles. The number of nitrogens with zero attached hydrogens (tertiary/aromatic N) is 4. The van der Waals surface area contributed by atoms with Crippen LogP contribution >= 0.6 is 11.6 Å². The van der Waals surface area contributed by atoms with Gasteiger partial charge in [0.2, 0.25) is 0 Å². The van der Waals surface area contributed by atoms with E-state index in [1.807, 2.05) is 6.07 Å². The van der Waals surface area contributed by atoms with E-state index in [0.29, 0.717) is 18.8 Å². The van der Waals surface area contributed by atoms with E-state index >= 15 is 0 Å². The number of aromatic amines is 1. The number of fused-ring (bicyclic) bond motifs is 1. The van der Waals surface area contributed by atoms with Crippen molar-refractivity contribution < 1.29 is 13.5 Å². The highest BCUT2D eigenvalue weighted by Gasteiger charge is 2.23. The number of rotatable bonds is 3. The minimum Gasteiger partial charge on any atom is -0.378 e. The van der Waals surface area contributed by atoms with Gasteiger partial charge >= 0.3 is 0 Å². The molecule has 5 rings (SSSR count). The van der Waals surface area contributed by atoms with Gasteiger partial charge in [0.05, 0.1) is 23.6 Å². The first-order chi connectivity index (χ1) is 15.0. The molecule has 1 N–H and O–H groups in total. The molecule has 1 fully saturated rings. The van der Waals surface area contributed by atoms with Crippen molar-refractivity contribution in [3.05, 3.63) is 69.7 Å². The van der Waals surface area contributed by atoms with Crippen LogP contribution in [0.5, 0.6) is 0 Å². The summed E-state index contributed by atoms with van der Waals surface area (Å²) < 4.78 is 35.4. The van der Waals surface area contributed by atoms with Gasteiger partial charge in [0.25, 0.3) is 5.56 Å². The summed E-state index contributed by atoms with van der Waals surface area (Å²) in [6.45, 7) is 2.71. The Hall–Kier alpha value is -3.30. The summed E-state index contributed by atoms with van der Waals surface area (Å²) in [6, 6.07) is 7.07. The molecule has 1 saturated heterocycles. The summed E-state index contributed by atoms with van der Waals surface area (Å²) in [5.74, 6) is -0.885. The molecule has 0 bridgehead atoms. The van der Waals surface area contributed by atoms with E-state index in [2.05, 4.69) is 20.0 Å². The molecule has 1 aromatic carbocycles. The maximum Gasteiger partial charge on any atom is 0.259 e. The summed E-state index contributed by atoms with van der Waals surface area (Å²) in [7, 11) is 0. The molecule has 158 valence electrons. The summed E-state index contributed by atoms with van der Waals surface area (Å²) in [6.07, 6.45) is 2.85. The molecule has 4 aromatic rings. The molecule has 0 amide bonds. The number of hydrogen-bond acceptors (Lipinski definition) is 5. The van der Waals surface area contributed by atoms with Gasteiger partial charge in [-0.25, -0.2) is 18.4 Å². The van der Waals surface area contributed by atoms with E-state index in [9.17, 15) is 13.6 Å². The van der Waals surface area contributed by atoms with Crippen LogP contribution in [0.1, 0.15) is 0 Å². The van der Waals surface area contributed by atoms with Gasteiger partial charge in [-0.2, -0.15) is 5.10 Å². The normalized spacial score (nSPS) is 14.4. The van der Waals surface area contributed by atoms with E-state index in [4.69, 9.17) is 16.3 Å². The van der Waals surface area contributed by atoms with Crippen LogP contribution in [0.3, 0.4) is 0 Å². The van der Waals surface area contributed by atoms with Crippen molar-refractivity contribution in [1.29, 1.82) is 0 Å². The average Bonchev–Trinajstić information content (AvgIpc) is 3.18. The Morgan fingerprint density at radius 3 is 2.52 bits per heavy atom. The zero-order chi connectivity index (χ0) is 21.5. The number of pyridine rings is 2. The number of hydrogen-bond donors (Lipinski definition) is 1. The third-order valence-corrected chi connectivity index (χ3v) is 5.46. The van der Waals surface area contributed by atoms with Gasteiger partial charge in [-0.1, -0.05) is 17.7 Å². The minimum absolute atomic E-state index is 0.105. The number of nitrogens with one attached hydrogen (secondary N) is 1. The zero-order valence-corrected chi connectivity index (χ0v) is 16.9. The predicted octanol–water partition coefficient (Wildman–Crippen LogP) is 3.54. The van der Waals surface area contributed by atoms with E-state index < -0.39 is 22.9 Å². The Morgan fingerprint density at radius 1 is 1.10 bits per heavy atom. The van der Waals surface area contributed by atoms with E-state index in [-0.39, 0.29) is 21.6 Å². The molecule has 0 unspecified atom stereocenters. The molecule has 4 heterocycles. The Balaban J connectivity index is 1.70. The third kappa shape index (κ3) is 3.35. The second kappa shape index (κ2) is 7.75. The molecule has 0 saturated carbocycles. The largest absolute Gasteiger partial charge is 0.378 e. The standard InChI is InChI=1S/C21H16ClF2N5O2/c22-13-11-26-21(30)17-18(12-4-5-16(25-10-12)28-6-8-31-9-7-28)27-29(19(13)17)20-14(23)2-1-3-15(20)24/h1-5,10-11H,6-9H2,(H,26,30). The number of ether oxygens (including phenoxy) is 1. The highest BCUT2D eigenvalue weighted by molar-refractivity contribution is 6.35. The van der Waals surface area contributed by atoms with Gasteiger partial charge in [-0.05, 0) is 24.3 Å². The Bertz CT molecular complexity index is 1310. The second-order valence-corrected chi connectivity index (χ2v) is 7.43. The molecular formula is C21H16ClF2N5O2. The number of para-hydroxylation sites is 1. The van der Waals surface area contributed by atoms with Crippen LogP contribution in [0.4, 0.5) is 14.6 Å². The molecule has 7 nitrogen and oxygen atoms in total. The summed E-state index contributed by atoms with van der Waals surface area (Å²) in [4.78, 5) is 21.8. The number of anilines is 1. The smallest absolute Gasteiger partial charge is 0.259 e. The fourth-order valence-electron chi connectivity index (χ4n) is 3.68. The van der Waals surface area contributed by atoms with Crippen molar-refractivity contribution in [3.8, 4) is 16.9 Å². The molecule has 3 aromatic heterocycles. The number of H-pyrrole nitrogens is 1. The predicted molar refractivity (Wildman–Crippen MR) is 113 cm³/mol. The van der Waals surface area contributed by atoms with Crippen LogP contribution in [0, 0.1) is 11.6 Å². The molecular weight excluding hydrogens is 428 g/mol. The van der Waals surface area contributed by atoms with Crippen molar-refractivity contribution in [1.82, 2.24) is 19.7 Å². The topological polar surface area (TPSA) is 76.0 Å². The van der Waals surface area contributed by atoms with Gasteiger partial charge in [0, 0.05) is 31.0 Å². The first-order valence-corrected chi connectivity index (χ1v) is 9.96. The fraction of sp³-hybridized carbons (Fsp3) is 0.190. The van der Waals surface area contributed by atoms with E-state index in [0.717, 1.165) is 35.7 Å². The number of aromatic nitrogens is 4. The highest BCUT2D eigenvalue weighted by Crippen LogP contribution is 2.33. The molecule has 1 aliphatic rings. The number of morpholine rings is 1. The first kappa shape index (κ1) is 19.7. The lowest BCUT2D eigenvalue weighted by Crippen LogP contribution is -2.36. The van der Waals surface area contributed by atoms with Gasteiger partial charge < -0.3 is 14.6 Å². The Morgan fingerprint density at radius 2 is 1.84 bits per heavy atom. The van der Waals surface area contributed by atoms with Crippen molar-refractivity contribution in [3.63, 3.8) is 0 Å². The van der Waals surface area contributed by atoms with Gasteiger partial charge in [-0.15, -0.1) is 0 Å². The minimum atomic E-state index is -0.826. The molecule has 0 atom stereocenters. The fourth-order valence-corrected chi connectivity index (χ4v) is 3.91. The van der Waals surface area contributed by atoms with E-state index in [1.54, 1.807) is 12.3 Å². The Kier molecular flexibility index (Phi) is 4.91. The average molecular weight is 444 g/mol. The lowest BCUT2D eigenvalue weighted by atomic mass is 10.1. The van der Waals surface area contributed by atoms with Crippen molar-refractivity contribution in [2.24, 2.45) is 0 Å². The monoisotopic (exact) mass is 443 g/mol. The second-order valence-electron chi connectivity index (χ2n) is 7.02. The van der Waals surface area contributed by atoms with Crippen LogP contribution in [-0.4, -0.2) is 46.1 Å². The van der Waals surface area contributed by atoms with Crippen LogP contribution in [-0.2, 0) is 4.74 Å². The summed E-state index contributed by atoms with van der Waals surface area (Å²) in [5.41, 5.74) is -0.0341. The maximum atomic E-state index is 14.5. The van der Waals surface area contributed by atoms with Crippen LogP contribution in [0.15, 0.2) is 47.5 Å². The first-order valence-electron chi connectivity index (χ1n) is 9.58. The van der Waals surface area contributed by atoms with Crippen LogP contribution in [0.2, 0.25) is 5.02 Å². The van der Waals surface area contributed by atoms with Gasteiger partial charge in [0.15, 0.2) is 11.6 Å². The SMILES string of the molecule is O=c1[nH]cc(Cl)c2c1c(-c1ccc(N3CCOCC3)nc1)nn2-c1c(F)cccc1F. The van der Waals surface area contributed by atoms with Gasteiger partial charge in [-0.3, -0.25) is 4.79 Å². The quantitative estimate of drug-likeness (QED) is 0.524. The third-order valence-electron chi connectivity index (χ3n) is 5.17. The van der Waals surface area contributed by atoms with Crippen molar-refractivity contribution in [2.75, 3.05) is 31.2 Å². The highest BCUT2D eigenvalue weighted by atomic mass is 35.5. The van der Waals surface area contributed by atoms with Crippen molar-refractivity contribution in [2.45, 2.75) is 0 Å². The summed E-state index contributed by atoms with van der Waals surface area (Å²) in [5, 5.41) is 4.60. The molecule has 0 aliphatic carbocycles. The summed E-state index contributed by atoms with van der Waals surface area (Å²) >= 11 is 6.31. The van der Waals surface area contributed by atoms with Gasteiger partial charge in [0.1, 0.15) is 22.7 Å². The van der Waals surface area contributed by atoms with Crippen LogP contribution < -0.4 is 10.5 Å². The molecule has 31 heavy (non-hydrogen) atoms. The number of halogens is 3. The zero-order valence-electron chi connectivity index (χ0n) is 16.1. The lowest BCUT2D eigenvalue weighted by molar-refractivity contribution is 0.122. The molecule has 0 radical (unpaired) electrons. The number of benzene rings is 1. The Labute approximate surface area is 179 Å². The lowest BCUT2D eigenvalue weighted by Gasteiger charge is -2.27. The maximum absolute atomic E-state index is 14.5. The molecule has 0 spiro atoms. The van der Waals surface area contributed by atoms with E-state index in [1.165, 1.54) is 12.3 Å². The molecule has 10 heteroatoms. The van der Waals surface area contributed by atoms with Crippen molar-refractivity contribution >= 4 is 28.3 Å².